The van der Waals surface area contributed by atoms with Crippen LogP contribution in [0.1, 0.15) is 11.1 Å². The molecule has 1 aromatic carbocycles. The van der Waals surface area contributed by atoms with Crippen molar-refractivity contribution in [2.75, 3.05) is 33.5 Å². The zero-order chi connectivity index (χ0) is 21.9. The summed E-state index contributed by atoms with van der Waals surface area (Å²) in [5, 5.41) is 6.75. The van der Waals surface area contributed by atoms with Gasteiger partial charge < -0.3 is 10.2 Å². The highest BCUT2D eigenvalue weighted by molar-refractivity contribution is 7.89. The van der Waals surface area contributed by atoms with Crippen molar-refractivity contribution in [1.82, 2.24) is 19.0 Å². The molecular formula is C18H24ClN5O4S. The molecule has 0 bridgehead atoms. The van der Waals surface area contributed by atoms with Gasteiger partial charge >= 0.3 is 0 Å². The average Bonchev–Trinajstić information content (AvgIpc) is 2.62. The third-order valence-corrected chi connectivity index (χ3v) is 6.37. The molecule has 0 aliphatic heterocycles. The first kappa shape index (κ1) is 23.0. The van der Waals surface area contributed by atoms with E-state index in [1.165, 1.54) is 26.4 Å². The molecule has 0 aliphatic carbocycles. The van der Waals surface area contributed by atoms with Crippen LogP contribution in [0.5, 0.6) is 0 Å². The van der Waals surface area contributed by atoms with Gasteiger partial charge in [0, 0.05) is 26.3 Å². The van der Waals surface area contributed by atoms with E-state index in [2.05, 4.69) is 10.4 Å². The molecule has 0 saturated carbocycles. The number of hydrogen-bond donors (Lipinski definition) is 1. The van der Waals surface area contributed by atoms with E-state index in [1.54, 1.807) is 38.1 Å². The summed E-state index contributed by atoms with van der Waals surface area (Å²) >= 11 is 6.05. The Labute approximate surface area is 174 Å². The number of sulfonamides is 1. The molecule has 1 heterocycles. The van der Waals surface area contributed by atoms with Gasteiger partial charge in [-0.05, 0) is 38.7 Å². The van der Waals surface area contributed by atoms with E-state index in [0.29, 0.717) is 23.4 Å². The Bertz CT molecular complexity index is 1080. The predicted molar refractivity (Wildman–Crippen MR) is 112 cm³/mol. The molecule has 0 aliphatic rings. The third kappa shape index (κ3) is 5.41. The van der Waals surface area contributed by atoms with Crippen molar-refractivity contribution in [3.63, 3.8) is 0 Å². The van der Waals surface area contributed by atoms with Crippen molar-refractivity contribution in [3.8, 4) is 0 Å². The lowest BCUT2D eigenvalue weighted by molar-refractivity contribution is -0.117. The Morgan fingerprint density at radius 1 is 1.24 bits per heavy atom. The standard InChI is InChI=1S/C18H24ClN5O4S/c1-12-6-7-13(8-16(12)29(27,28)23(4)5)21-17(25)11-24-18(26)14(10-22(2)3)15(19)9-20-24/h6-9H,10-11H2,1-5H3,(H,21,25). The highest BCUT2D eigenvalue weighted by Gasteiger charge is 2.20. The first-order valence-corrected chi connectivity index (χ1v) is 10.5. The molecule has 2 aromatic rings. The summed E-state index contributed by atoms with van der Waals surface area (Å²) in [5.41, 5.74) is 0.743. The van der Waals surface area contributed by atoms with Gasteiger partial charge in [-0.15, -0.1) is 0 Å². The summed E-state index contributed by atoms with van der Waals surface area (Å²) in [4.78, 5) is 26.8. The van der Waals surface area contributed by atoms with E-state index >= 15 is 0 Å². The number of anilines is 1. The largest absolute Gasteiger partial charge is 0.324 e. The molecule has 0 spiro atoms. The van der Waals surface area contributed by atoms with E-state index in [0.717, 1.165) is 8.99 Å². The minimum atomic E-state index is -3.66. The van der Waals surface area contributed by atoms with Crippen molar-refractivity contribution in [2.24, 2.45) is 0 Å². The molecular weight excluding hydrogens is 418 g/mol. The number of aromatic nitrogens is 2. The molecule has 0 atom stereocenters. The van der Waals surface area contributed by atoms with Crippen molar-refractivity contribution in [2.45, 2.75) is 24.9 Å². The lowest BCUT2D eigenvalue weighted by Crippen LogP contribution is -2.33. The monoisotopic (exact) mass is 441 g/mol. The quantitative estimate of drug-likeness (QED) is 0.691. The van der Waals surface area contributed by atoms with Gasteiger partial charge in [0.1, 0.15) is 6.54 Å². The fraction of sp³-hybridized carbons (Fsp3) is 0.389. The molecule has 158 valence electrons. The maximum absolute atomic E-state index is 12.5. The summed E-state index contributed by atoms with van der Waals surface area (Å²) in [6, 6.07) is 4.59. The lowest BCUT2D eigenvalue weighted by atomic mass is 10.2. The van der Waals surface area contributed by atoms with Gasteiger partial charge in [0.05, 0.1) is 21.7 Å². The maximum Gasteiger partial charge on any atom is 0.273 e. The van der Waals surface area contributed by atoms with Gasteiger partial charge in [-0.2, -0.15) is 5.10 Å². The number of nitrogens with one attached hydrogen (secondary N) is 1. The molecule has 1 aromatic heterocycles. The van der Waals surface area contributed by atoms with Crippen molar-refractivity contribution in [3.05, 3.63) is 50.9 Å². The van der Waals surface area contributed by atoms with Crippen molar-refractivity contribution < 1.29 is 13.2 Å². The summed E-state index contributed by atoms with van der Waals surface area (Å²) in [5.74, 6) is -0.519. The number of hydrogen-bond acceptors (Lipinski definition) is 6. The second kappa shape index (κ2) is 9.04. The molecule has 29 heavy (non-hydrogen) atoms. The first-order chi connectivity index (χ1) is 13.4. The zero-order valence-electron chi connectivity index (χ0n) is 16.9. The maximum atomic E-state index is 12.5. The Kier molecular flexibility index (Phi) is 7.17. The number of carbonyl (C=O) groups excluding carboxylic acids is 1. The molecule has 0 saturated heterocycles. The number of halogens is 1. The number of amides is 1. The average molecular weight is 442 g/mol. The number of benzene rings is 1. The van der Waals surface area contributed by atoms with Gasteiger partial charge in [-0.25, -0.2) is 17.4 Å². The highest BCUT2D eigenvalue weighted by Crippen LogP contribution is 2.22. The fourth-order valence-electron chi connectivity index (χ4n) is 2.57. The Morgan fingerprint density at radius 3 is 2.48 bits per heavy atom. The molecule has 1 amide bonds. The minimum absolute atomic E-state index is 0.0929. The third-order valence-electron chi connectivity index (χ3n) is 4.09. The van der Waals surface area contributed by atoms with Gasteiger partial charge in [0.15, 0.2) is 0 Å². The number of rotatable bonds is 7. The fourth-order valence-corrected chi connectivity index (χ4v) is 3.90. The highest BCUT2D eigenvalue weighted by atomic mass is 35.5. The van der Waals surface area contributed by atoms with E-state index in [1.807, 2.05) is 0 Å². The summed E-state index contributed by atoms with van der Waals surface area (Å²) in [6.45, 7) is 1.65. The van der Waals surface area contributed by atoms with Gasteiger partial charge in [-0.1, -0.05) is 17.7 Å². The van der Waals surface area contributed by atoms with Crippen LogP contribution in [-0.2, 0) is 27.9 Å². The molecule has 2 rings (SSSR count). The number of nitrogens with zero attached hydrogens (tertiary/aromatic N) is 4. The predicted octanol–water partition coefficient (Wildman–Crippen LogP) is 1.16. The molecule has 0 fully saturated rings. The van der Waals surface area contributed by atoms with Crippen LogP contribution in [0.2, 0.25) is 5.02 Å². The van der Waals surface area contributed by atoms with Gasteiger partial charge in [0.25, 0.3) is 5.56 Å². The minimum Gasteiger partial charge on any atom is -0.324 e. The Balaban J connectivity index is 2.26. The van der Waals surface area contributed by atoms with Crippen LogP contribution >= 0.6 is 11.6 Å². The van der Waals surface area contributed by atoms with Gasteiger partial charge in [0.2, 0.25) is 15.9 Å². The first-order valence-electron chi connectivity index (χ1n) is 8.65. The van der Waals surface area contributed by atoms with Crippen LogP contribution in [0, 0.1) is 6.92 Å². The van der Waals surface area contributed by atoms with E-state index < -0.39 is 21.5 Å². The normalized spacial score (nSPS) is 11.9. The van der Waals surface area contributed by atoms with Crippen LogP contribution in [0.3, 0.4) is 0 Å². The van der Waals surface area contributed by atoms with E-state index in [4.69, 9.17) is 11.6 Å². The van der Waals surface area contributed by atoms with E-state index in [-0.39, 0.29) is 16.5 Å². The van der Waals surface area contributed by atoms with Crippen LogP contribution < -0.4 is 10.9 Å². The molecule has 0 unspecified atom stereocenters. The summed E-state index contributed by atoms with van der Waals surface area (Å²) in [7, 11) is 2.80. The van der Waals surface area contributed by atoms with Crippen LogP contribution in [0.25, 0.3) is 0 Å². The summed E-state index contributed by atoms with van der Waals surface area (Å²) in [6.07, 6.45) is 1.32. The lowest BCUT2D eigenvalue weighted by Gasteiger charge is -2.15. The van der Waals surface area contributed by atoms with Crippen LogP contribution in [0.4, 0.5) is 5.69 Å². The van der Waals surface area contributed by atoms with E-state index in [9.17, 15) is 18.0 Å². The van der Waals surface area contributed by atoms with Crippen molar-refractivity contribution >= 4 is 33.2 Å². The second-order valence-electron chi connectivity index (χ2n) is 6.99. The SMILES string of the molecule is Cc1ccc(NC(=O)Cn2ncc(Cl)c(CN(C)C)c2=O)cc1S(=O)(=O)N(C)C. The Hall–Kier alpha value is -2.27. The smallest absolute Gasteiger partial charge is 0.273 e. The molecule has 0 radical (unpaired) electrons. The van der Waals surface area contributed by atoms with Crippen molar-refractivity contribution in [1.29, 1.82) is 0 Å². The molecule has 11 heteroatoms. The Morgan fingerprint density at radius 2 is 1.90 bits per heavy atom. The summed E-state index contributed by atoms with van der Waals surface area (Å²) < 4.78 is 27.0. The van der Waals surface area contributed by atoms with Crippen LogP contribution in [0.15, 0.2) is 34.1 Å². The second-order valence-corrected chi connectivity index (χ2v) is 9.51. The molecule has 1 N–H and O–H groups in total. The number of carbonyl (C=O) groups is 1. The zero-order valence-corrected chi connectivity index (χ0v) is 18.5. The number of aryl methyl sites for hydroxylation is 1. The topological polar surface area (TPSA) is 105 Å². The van der Waals surface area contributed by atoms with Crippen LogP contribution in [-0.4, -0.2) is 61.5 Å². The molecule has 9 nitrogen and oxygen atoms in total. The van der Waals surface area contributed by atoms with Gasteiger partial charge in [-0.3, -0.25) is 9.59 Å².